The molecule has 6 nitrogen and oxygen atoms in total. The van der Waals surface area contributed by atoms with Crippen molar-refractivity contribution in [3.8, 4) is 10.4 Å². The van der Waals surface area contributed by atoms with E-state index in [0.717, 1.165) is 5.56 Å². The molecule has 0 spiro atoms. The minimum absolute atomic E-state index is 0.00451. The van der Waals surface area contributed by atoms with E-state index in [1.54, 1.807) is 11.3 Å². The van der Waals surface area contributed by atoms with Gasteiger partial charge in [-0.15, -0.1) is 11.3 Å². The van der Waals surface area contributed by atoms with Crippen LogP contribution >= 0.6 is 11.3 Å². The molecular formula is C20H22N2O4S. The first-order valence-corrected chi connectivity index (χ1v) is 9.95. The minimum Gasteiger partial charge on any atom is -0.480 e. The van der Waals surface area contributed by atoms with Crippen LogP contribution in [0.25, 0.3) is 10.4 Å². The highest BCUT2D eigenvalue weighted by Gasteiger charge is 2.36. The zero-order valence-corrected chi connectivity index (χ0v) is 15.7. The van der Waals surface area contributed by atoms with E-state index in [2.05, 4.69) is 6.07 Å². The third-order valence-corrected chi connectivity index (χ3v) is 6.02. The standard InChI is InChI=1S/C20H22N2O4S/c23-19(24)11-21-8-14-9-22(17(10-21)13-26-12-14)20(25)16-5-3-15(4-6-16)18-2-1-7-27-18/h1-7,14,17H,8-13H2,(H,23,24)/t14-,17-/m0/s1. The number of aliphatic carboxylic acids is 1. The van der Waals surface area contributed by atoms with Crippen LogP contribution < -0.4 is 0 Å². The summed E-state index contributed by atoms with van der Waals surface area (Å²) in [6.45, 7) is 2.79. The molecule has 3 heterocycles. The van der Waals surface area contributed by atoms with Crippen LogP contribution in [0.2, 0.25) is 0 Å². The Bertz CT molecular complexity index is 806. The minimum atomic E-state index is -0.835. The van der Waals surface area contributed by atoms with Crippen molar-refractivity contribution >= 4 is 23.2 Å². The summed E-state index contributed by atoms with van der Waals surface area (Å²) in [5.41, 5.74) is 1.76. The first-order chi connectivity index (χ1) is 13.1. The van der Waals surface area contributed by atoms with Crippen molar-refractivity contribution in [3.05, 3.63) is 47.3 Å². The SMILES string of the molecule is O=C(O)CN1C[C@@H]2COC[C@H](C1)N(C(=O)c1ccc(-c3cccs3)cc1)C2. The predicted octanol–water partition coefficient (Wildman–Crippen LogP) is 2.27. The summed E-state index contributed by atoms with van der Waals surface area (Å²) in [5, 5.41) is 11.2. The molecule has 2 bridgehead atoms. The van der Waals surface area contributed by atoms with Crippen molar-refractivity contribution in [1.29, 1.82) is 0 Å². The highest BCUT2D eigenvalue weighted by Crippen LogP contribution is 2.26. The fourth-order valence-corrected chi connectivity index (χ4v) is 4.63. The molecular weight excluding hydrogens is 364 g/mol. The smallest absolute Gasteiger partial charge is 0.317 e. The molecule has 27 heavy (non-hydrogen) atoms. The van der Waals surface area contributed by atoms with E-state index in [1.807, 2.05) is 45.5 Å². The maximum Gasteiger partial charge on any atom is 0.317 e. The molecule has 1 aromatic carbocycles. The molecule has 142 valence electrons. The summed E-state index contributed by atoms with van der Waals surface area (Å²) in [5.74, 6) is -0.713. The molecule has 2 saturated heterocycles. The Kier molecular flexibility index (Phi) is 5.24. The van der Waals surface area contributed by atoms with Crippen molar-refractivity contribution < 1.29 is 19.4 Å². The van der Waals surface area contributed by atoms with Gasteiger partial charge in [-0.3, -0.25) is 14.5 Å². The molecule has 2 atom stereocenters. The monoisotopic (exact) mass is 386 g/mol. The van der Waals surface area contributed by atoms with Crippen molar-refractivity contribution in [1.82, 2.24) is 9.80 Å². The van der Waals surface area contributed by atoms with Gasteiger partial charge in [-0.1, -0.05) is 18.2 Å². The molecule has 2 aliphatic heterocycles. The second-order valence-electron chi connectivity index (χ2n) is 7.16. The molecule has 0 aliphatic carbocycles. The van der Waals surface area contributed by atoms with Crippen LogP contribution in [0.5, 0.6) is 0 Å². The maximum absolute atomic E-state index is 13.2. The average molecular weight is 386 g/mol. The molecule has 2 fully saturated rings. The van der Waals surface area contributed by atoms with E-state index in [1.165, 1.54) is 4.88 Å². The molecule has 0 unspecified atom stereocenters. The van der Waals surface area contributed by atoms with E-state index in [4.69, 9.17) is 9.84 Å². The van der Waals surface area contributed by atoms with Crippen molar-refractivity contribution in [2.45, 2.75) is 6.04 Å². The van der Waals surface area contributed by atoms with Crippen LogP contribution in [0, 0.1) is 5.92 Å². The third-order valence-electron chi connectivity index (χ3n) is 5.10. The van der Waals surface area contributed by atoms with Crippen LogP contribution in [-0.2, 0) is 9.53 Å². The Balaban J connectivity index is 1.53. The highest BCUT2D eigenvalue weighted by atomic mass is 32.1. The number of nitrogens with zero attached hydrogens (tertiary/aromatic N) is 2. The number of fused-ring (bicyclic) bond motifs is 3. The Labute approximate surface area is 162 Å². The molecule has 4 rings (SSSR count). The normalized spacial score (nSPS) is 23.0. The zero-order valence-electron chi connectivity index (χ0n) is 14.9. The van der Waals surface area contributed by atoms with Crippen LogP contribution in [0.4, 0.5) is 0 Å². The maximum atomic E-state index is 13.2. The molecule has 0 radical (unpaired) electrons. The van der Waals surface area contributed by atoms with E-state index < -0.39 is 5.97 Å². The van der Waals surface area contributed by atoms with Gasteiger partial charge in [-0.2, -0.15) is 0 Å². The van der Waals surface area contributed by atoms with Gasteiger partial charge in [-0.25, -0.2) is 0 Å². The second kappa shape index (κ2) is 7.80. The lowest BCUT2D eigenvalue weighted by atomic mass is 10.1. The van der Waals surface area contributed by atoms with Gasteiger partial charge >= 0.3 is 5.97 Å². The lowest BCUT2D eigenvalue weighted by Crippen LogP contribution is -2.47. The lowest BCUT2D eigenvalue weighted by Gasteiger charge is -2.30. The van der Waals surface area contributed by atoms with E-state index >= 15 is 0 Å². The topological polar surface area (TPSA) is 70.1 Å². The molecule has 0 saturated carbocycles. The average Bonchev–Trinajstić information content (AvgIpc) is 3.03. The fourth-order valence-electron chi connectivity index (χ4n) is 3.89. The van der Waals surface area contributed by atoms with Crippen molar-refractivity contribution in [2.75, 3.05) is 39.4 Å². The molecule has 2 aromatic rings. The third kappa shape index (κ3) is 4.05. The number of carboxylic acid groups (broad SMARTS) is 1. The lowest BCUT2D eigenvalue weighted by molar-refractivity contribution is -0.138. The Morgan fingerprint density at radius 3 is 2.63 bits per heavy atom. The largest absolute Gasteiger partial charge is 0.480 e. The summed E-state index contributed by atoms with van der Waals surface area (Å²) in [7, 11) is 0. The number of benzene rings is 1. The van der Waals surface area contributed by atoms with Crippen LogP contribution in [0.3, 0.4) is 0 Å². The summed E-state index contributed by atoms with van der Waals surface area (Å²) >= 11 is 1.67. The second-order valence-corrected chi connectivity index (χ2v) is 8.10. The number of carboxylic acids is 1. The van der Waals surface area contributed by atoms with Crippen molar-refractivity contribution in [3.63, 3.8) is 0 Å². The van der Waals surface area contributed by atoms with E-state index in [-0.39, 0.29) is 24.4 Å². The number of amides is 1. The fraction of sp³-hybridized carbons (Fsp3) is 0.400. The van der Waals surface area contributed by atoms with Gasteiger partial charge in [0.1, 0.15) is 0 Å². The summed E-state index contributed by atoms with van der Waals surface area (Å²) in [6.07, 6.45) is 0. The number of carbonyl (C=O) groups is 2. The Hall–Kier alpha value is -2.22. The number of hydrogen-bond donors (Lipinski definition) is 1. The quantitative estimate of drug-likeness (QED) is 0.873. The number of ether oxygens (including phenoxy) is 1. The first-order valence-electron chi connectivity index (χ1n) is 9.07. The van der Waals surface area contributed by atoms with Gasteiger partial charge in [0, 0.05) is 36.0 Å². The predicted molar refractivity (Wildman–Crippen MR) is 103 cm³/mol. The van der Waals surface area contributed by atoms with Crippen LogP contribution in [0.15, 0.2) is 41.8 Å². The van der Waals surface area contributed by atoms with Gasteiger partial charge in [0.05, 0.1) is 25.8 Å². The molecule has 7 heteroatoms. The molecule has 2 aliphatic rings. The highest BCUT2D eigenvalue weighted by molar-refractivity contribution is 7.13. The van der Waals surface area contributed by atoms with Gasteiger partial charge in [0.25, 0.3) is 5.91 Å². The Morgan fingerprint density at radius 2 is 1.93 bits per heavy atom. The number of carbonyl (C=O) groups excluding carboxylic acids is 1. The molecule has 1 N–H and O–H groups in total. The van der Waals surface area contributed by atoms with Gasteiger partial charge in [0.15, 0.2) is 0 Å². The van der Waals surface area contributed by atoms with Gasteiger partial charge in [0.2, 0.25) is 0 Å². The van der Waals surface area contributed by atoms with Crippen LogP contribution in [-0.4, -0.2) is 72.2 Å². The summed E-state index contributed by atoms with van der Waals surface area (Å²) < 4.78 is 5.73. The van der Waals surface area contributed by atoms with Crippen molar-refractivity contribution in [2.24, 2.45) is 5.92 Å². The van der Waals surface area contributed by atoms with E-state index in [9.17, 15) is 9.59 Å². The first kappa shape index (κ1) is 18.2. The molecule has 1 amide bonds. The number of hydrogen-bond acceptors (Lipinski definition) is 5. The summed E-state index contributed by atoms with van der Waals surface area (Å²) in [6, 6.07) is 11.7. The number of thiophene rings is 1. The van der Waals surface area contributed by atoms with Crippen LogP contribution in [0.1, 0.15) is 10.4 Å². The van der Waals surface area contributed by atoms with Gasteiger partial charge < -0.3 is 14.7 Å². The molecule has 1 aromatic heterocycles. The zero-order chi connectivity index (χ0) is 18.8. The Morgan fingerprint density at radius 1 is 1.11 bits per heavy atom. The number of rotatable bonds is 4. The summed E-state index contributed by atoms with van der Waals surface area (Å²) in [4.78, 5) is 29.2. The van der Waals surface area contributed by atoms with E-state index in [0.29, 0.717) is 38.4 Å². The van der Waals surface area contributed by atoms with Gasteiger partial charge in [-0.05, 0) is 29.1 Å².